The Balaban J connectivity index is 1.46. The standard InChI is InChI=1S/C20H27N3O6S/c1-13-11-23(12-14(2)28-13)20(25)15(3)29-18(24)9-6-10-21-19-16-7-4-5-8-17(16)30(26,27)22-19/h4-5,7-8,13-15H,6,9-12H2,1-3H3,(H,21,22). The number of carbonyl (C=O) groups is 2. The van der Waals surface area contributed by atoms with Crippen molar-refractivity contribution in [3.8, 4) is 0 Å². The van der Waals surface area contributed by atoms with Gasteiger partial charge in [0, 0.05) is 31.6 Å². The van der Waals surface area contributed by atoms with Crippen molar-refractivity contribution < 1.29 is 27.5 Å². The first kappa shape index (κ1) is 22.2. The third-order valence-electron chi connectivity index (χ3n) is 4.86. The largest absolute Gasteiger partial charge is 0.453 e. The predicted octanol–water partition coefficient (Wildman–Crippen LogP) is 1.07. The molecular weight excluding hydrogens is 410 g/mol. The molecule has 1 aromatic rings. The summed E-state index contributed by atoms with van der Waals surface area (Å²) < 4.78 is 37.4. The van der Waals surface area contributed by atoms with Crippen LogP contribution in [0.4, 0.5) is 0 Å². The van der Waals surface area contributed by atoms with Crippen molar-refractivity contribution in [2.45, 2.75) is 56.8 Å². The molecule has 3 unspecified atom stereocenters. The second kappa shape index (κ2) is 9.13. The first-order valence-electron chi connectivity index (χ1n) is 9.98. The lowest BCUT2D eigenvalue weighted by Crippen LogP contribution is -2.51. The Morgan fingerprint density at radius 3 is 2.63 bits per heavy atom. The molecule has 10 heteroatoms. The molecule has 30 heavy (non-hydrogen) atoms. The van der Waals surface area contributed by atoms with Crippen LogP contribution in [0.1, 0.15) is 39.2 Å². The summed E-state index contributed by atoms with van der Waals surface area (Å²) in [5.41, 5.74) is 0.522. The molecule has 2 heterocycles. The summed E-state index contributed by atoms with van der Waals surface area (Å²) in [5, 5.41) is 0. The smallest absolute Gasteiger partial charge is 0.306 e. The molecule has 1 fully saturated rings. The highest BCUT2D eigenvalue weighted by Gasteiger charge is 2.31. The van der Waals surface area contributed by atoms with Crippen molar-refractivity contribution in [2.75, 3.05) is 19.6 Å². The van der Waals surface area contributed by atoms with Crippen LogP contribution in [0.3, 0.4) is 0 Å². The van der Waals surface area contributed by atoms with Gasteiger partial charge in [-0.15, -0.1) is 0 Å². The van der Waals surface area contributed by atoms with Gasteiger partial charge in [0.25, 0.3) is 15.9 Å². The summed E-state index contributed by atoms with van der Waals surface area (Å²) >= 11 is 0. The van der Waals surface area contributed by atoms with Gasteiger partial charge in [-0.1, -0.05) is 12.1 Å². The van der Waals surface area contributed by atoms with Gasteiger partial charge in [-0.3, -0.25) is 19.3 Å². The van der Waals surface area contributed by atoms with Crippen LogP contribution in [-0.2, 0) is 29.1 Å². The summed E-state index contributed by atoms with van der Waals surface area (Å²) in [5.74, 6) is -0.446. The molecule has 0 spiro atoms. The number of amides is 1. The second-order valence-electron chi connectivity index (χ2n) is 7.57. The minimum atomic E-state index is -3.58. The molecule has 0 aliphatic carbocycles. The van der Waals surface area contributed by atoms with E-state index in [4.69, 9.17) is 9.47 Å². The molecule has 0 radical (unpaired) electrons. The summed E-state index contributed by atoms with van der Waals surface area (Å²) in [7, 11) is -3.58. The average molecular weight is 438 g/mol. The van der Waals surface area contributed by atoms with Crippen LogP contribution in [0.5, 0.6) is 0 Å². The SMILES string of the molecule is CC1CN(C(=O)C(C)OC(=O)CCCN=C2NS(=O)(=O)c3ccccc32)CC(C)O1. The van der Waals surface area contributed by atoms with Crippen LogP contribution in [0.25, 0.3) is 0 Å². The van der Waals surface area contributed by atoms with E-state index < -0.39 is 22.1 Å². The van der Waals surface area contributed by atoms with E-state index in [2.05, 4.69) is 9.71 Å². The van der Waals surface area contributed by atoms with Crippen LogP contribution in [0.15, 0.2) is 34.2 Å². The zero-order valence-corrected chi connectivity index (χ0v) is 18.1. The quantitative estimate of drug-likeness (QED) is 0.526. The van der Waals surface area contributed by atoms with Crippen LogP contribution < -0.4 is 4.72 Å². The Bertz CT molecular complexity index is 936. The second-order valence-corrected chi connectivity index (χ2v) is 9.22. The van der Waals surface area contributed by atoms with Gasteiger partial charge in [-0.2, -0.15) is 0 Å². The average Bonchev–Trinajstić information content (AvgIpc) is 2.94. The minimum Gasteiger partial charge on any atom is -0.453 e. The molecule has 9 nitrogen and oxygen atoms in total. The lowest BCUT2D eigenvalue weighted by Gasteiger charge is -2.36. The topological polar surface area (TPSA) is 114 Å². The molecule has 164 valence electrons. The van der Waals surface area contributed by atoms with Gasteiger partial charge in [0.2, 0.25) is 0 Å². The first-order chi connectivity index (χ1) is 14.2. The van der Waals surface area contributed by atoms with Crippen molar-refractivity contribution in [2.24, 2.45) is 4.99 Å². The number of fused-ring (bicyclic) bond motifs is 1. The fraction of sp³-hybridized carbons (Fsp3) is 0.550. The number of carbonyl (C=O) groups excluding carboxylic acids is 2. The van der Waals surface area contributed by atoms with E-state index in [9.17, 15) is 18.0 Å². The summed E-state index contributed by atoms with van der Waals surface area (Å²) in [4.78, 5) is 30.7. The van der Waals surface area contributed by atoms with Crippen molar-refractivity contribution in [3.63, 3.8) is 0 Å². The fourth-order valence-electron chi connectivity index (χ4n) is 3.59. The first-order valence-corrected chi connectivity index (χ1v) is 11.5. The monoisotopic (exact) mass is 437 g/mol. The van der Waals surface area contributed by atoms with Crippen LogP contribution in [-0.4, -0.2) is 69.0 Å². The maximum Gasteiger partial charge on any atom is 0.306 e. The number of sulfonamides is 1. The number of aliphatic imine (C=N–C) groups is 1. The van der Waals surface area contributed by atoms with Crippen LogP contribution >= 0.6 is 0 Å². The van der Waals surface area contributed by atoms with E-state index in [1.165, 1.54) is 6.07 Å². The van der Waals surface area contributed by atoms with Gasteiger partial charge in [0.15, 0.2) is 6.10 Å². The molecular formula is C20H27N3O6S. The Hall–Kier alpha value is -2.46. The van der Waals surface area contributed by atoms with Crippen LogP contribution in [0.2, 0.25) is 0 Å². The van der Waals surface area contributed by atoms with Crippen molar-refractivity contribution >= 4 is 27.7 Å². The number of ether oxygens (including phenoxy) is 2. The van der Waals surface area contributed by atoms with Gasteiger partial charge in [0.05, 0.1) is 17.1 Å². The van der Waals surface area contributed by atoms with Crippen molar-refractivity contribution in [1.29, 1.82) is 0 Å². The minimum absolute atomic E-state index is 0.0575. The molecule has 3 atom stereocenters. The van der Waals surface area contributed by atoms with Gasteiger partial charge in [-0.25, -0.2) is 8.42 Å². The lowest BCUT2D eigenvalue weighted by molar-refractivity contribution is -0.164. The number of nitrogens with one attached hydrogen (secondary N) is 1. The highest BCUT2D eigenvalue weighted by molar-refractivity contribution is 7.90. The van der Waals surface area contributed by atoms with Gasteiger partial charge in [-0.05, 0) is 39.3 Å². The Morgan fingerprint density at radius 1 is 1.27 bits per heavy atom. The highest BCUT2D eigenvalue weighted by atomic mass is 32.2. The van der Waals surface area contributed by atoms with Crippen molar-refractivity contribution in [3.05, 3.63) is 29.8 Å². The number of rotatable bonds is 6. The van der Waals surface area contributed by atoms with Crippen LogP contribution in [0, 0.1) is 0 Å². The molecule has 2 aliphatic rings. The fourth-order valence-corrected chi connectivity index (χ4v) is 4.84. The normalized spacial score (nSPS) is 24.8. The van der Waals surface area contributed by atoms with E-state index in [0.717, 1.165) is 0 Å². The molecule has 2 aliphatic heterocycles. The number of morpholine rings is 1. The number of hydrogen-bond acceptors (Lipinski definition) is 7. The molecule has 1 saturated heterocycles. The number of amidine groups is 1. The van der Waals surface area contributed by atoms with E-state index >= 15 is 0 Å². The summed E-state index contributed by atoms with van der Waals surface area (Å²) in [6.07, 6.45) is -0.525. The van der Waals surface area contributed by atoms with Gasteiger partial charge < -0.3 is 14.4 Å². The molecule has 0 aromatic heterocycles. The molecule has 0 bridgehead atoms. The van der Waals surface area contributed by atoms with Crippen molar-refractivity contribution in [1.82, 2.24) is 9.62 Å². The highest BCUT2D eigenvalue weighted by Crippen LogP contribution is 2.22. The zero-order chi connectivity index (χ0) is 21.9. The maximum absolute atomic E-state index is 12.5. The molecule has 3 rings (SSSR count). The summed E-state index contributed by atoms with van der Waals surface area (Å²) in [6, 6.07) is 6.59. The zero-order valence-electron chi connectivity index (χ0n) is 17.3. The van der Waals surface area contributed by atoms with Gasteiger partial charge in [0.1, 0.15) is 5.84 Å². The van der Waals surface area contributed by atoms with E-state index in [0.29, 0.717) is 25.1 Å². The number of benzene rings is 1. The Labute approximate surface area is 176 Å². The van der Waals surface area contributed by atoms with E-state index in [-0.39, 0.29) is 41.8 Å². The lowest BCUT2D eigenvalue weighted by atomic mass is 10.2. The Morgan fingerprint density at radius 2 is 1.93 bits per heavy atom. The van der Waals surface area contributed by atoms with E-state index in [1.807, 2.05) is 13.8 Å². The third-order valence-corrected chi connectivity index (χ3v) is 6.26. The molecule has 1 N–H and O–H groups in total. The maximum atomic E-state index is 12.5. The number of nitrogens with zero attached hydrogens (tertiary/aromatic N) is 2. The summed E-state index contributed by atoms with van der Waals surface area (Å²) in [6.45, 7) is 6.56. The molecule has 0 saturated carbocycles. The molecule has 1 amide bonds. The third kappa shape index (κ3) is 5.17. The van der Waals surface area contributed by atoms with E-state index in [1.54, 1.807) is 30.0 Å². The Kier molecular flexibility index (Phi) is 6.77. The number of hydrogen-bond donors (Lipinski definition) is 1. The predicted molar refractivity (Wildman–Crippen MR) is 110 cm³/mol. The van der Waals surface area contributed by atoms with Gasteiger partial charge >= 0.3 is 5.97 Å². The molecule has 1 aromatic carbocycles. The number of esters is 1.